The minimum atomic E-state index is -0.874. The summed E-state index contributed by atoms with van der Waals surface area (Å²) < 4.78 is 0.721. The second kappa shape index (κ2) is 5.95. The van der Waals surface area contributed by atoms with E-state index in [0.717, 1.165) is 4.47 Å². The summed E-state index contributed by atoms with van der Waals surface area (Å²) in [5.74, 6) is -1.14. The van der Waals surface area contributed by atoms with Crippen LogP contribution in [0.15, 0.2) is 22.9 Å². The Kier molecular flexibility index (Phi) is 4.84. The number of rotatable bonds is 5. The first-order valence-electron chi connectivity index (χ1n) is 5.45. The number of nitrogens with one attached hydrogen (secondary N) is 1. The van der Waals surface area contributed by atoms with Crippen molar-refractivity contribution in [3.8, 4) is 0 Å². The molecule has 0 aliphatic carbocycles. The van der Waals surface area contributed by atoms with Gasteiger partial charge in [-0.3, -0.25) is 14.6 Å². The first kappa shape index (κ1) is 14.6. The second-order valence-electron chi connectivity index (χ2n) is 4.62. The highest BCUT2D eigenvalue weighted by molar-refractivity contribution is 9.10. The van der Waals surface area contributed by atoms with Gasteiger partial charge in [-0.1, -0.05) is 0 Å². The third kappa shape index (κ3) is 4.83. The Balaban J connectivity index is 2.66. The average Bonchev–Trinajstić information content (AvgIpc) is 2.26. The summed E-state index contributed by atoms with van der Waals surface area (Å²) in [6.45, 7) is 3.58. The van der Waals surface area contributed by atoms with Gasteiger partial charge >= 0.3 is 5.97 Å². The van der Waals surface area contributed by atoms with E-state index in [-0.39, 0.29) is 12.3 Å². The Labute approximate surface area is 114 Å². The molecule has 0 aromatic carbocycles. The normalized spacial score (nSPS) is 11.1. The van der Waals surface area contributed by atoms with Crippen molar-refractivity contribution in [1.82, 2.24) is 10.3 Å². The quantitative estimate of drug-likeness (QED) is 0.873. The minimum absolute atomic E-state index is 0.0179. The minimum Gasteiger partial charge on any atom is -0.481 e. The predicted octanol–water partition coefficient (Wildman–Crippen LogP) is 2.22. The standard InChI is InChI=1S/C12H15BrN2O3/c1-12(2,4-3-10(16)17)15-11(18)8-5-9(13)7-14-6-8/h5-7H,3-4H2,1-2H3,(H,15,18)(H,16,17). The van der Waals surface area contributed by atoms with Gasteiger partial charge in [-0.15, -0.1) is 0 Å². The van der Waals surface area contributed by atoms with E-state index in [9.17, 15) is 9.59 Å². The number of carbonyl (C=O) groups excluding carboxylic acids is 1. The molecule has 0 fully saturated rings. The number of carbonyl (C=O) groups is 2. The number of pyridine rings is 1. The van der Waals surface area contributed by atoms with Crippen LogP contribution in [0.2, 0.25) is 0 Å². The molecule has 0 bridgehead atoms. The smallest absolute Gasteiger partial charge is 0.303 e. The van der Waals surface area contributed by atoms with Crippen LogP contribution < -0.4 is 5.32 Å². The van der Waals surface area contributed by atoms with Crippen LogP contribution in [0.3, 0.4) is 0 Å². The maximum atomic E-state index is 11.9. The first-order valence-corrected chi connectivity index (χ1v) is 6.24. The van der Waals surface area contributed by atoms with E-state index in [0.29, 0.717) is 12.0 Å². The zero-order chi connectivity index (χ0) is 13.8. The Morgan fingerprint density at radius 2 is 2.11 bits per heavy atom. The molecular formula is C12H15BrN2O3. The molecule has 0 aliphatic rings. The Bertz CT molecular complexity index is 460. The number of hydrogen-bond acceptors (Lipinski definition) is 3. The van der Waals surface area contributed by atoms with Crippen molar-refractivity contribution in [3.05, 3.63) is 28.5 Å². The lowest BCUT2D eigenvalue weighted by molar-refractivity contribution is -0.137. The van der Waals surface area contributed by atoms with Gasteiger partial charge < -0.3 is 10.4 Å². The molecule has 0 aliphatic heterocycles. The van der Waals surface area contributed by atoms with E-state index in [1.807, 2.05) is 0 Å². The van der Waals surface area contributed by atoms with Crippen molar-refractivity contribution in [3.63, 3.8) is 0 Å². The Morgan fingerprint density at radius 3 is 2.67 bits per heavy atom. The fourth-order valence-corrected chi connectivity index (χ4v) is 1.76. The molecule has 1 aromatic heterocycles. The topological polar surface area (TPSA) is 79.3 Å². The van der Waals surface area contributed by atoms with E-state index in [2.05, 4.69) is 26.2 Å². The summed E-state index contributed by atoms with van der Waals surface area (Å²) >= 11 is 3.24. The van der Waals surface area contributed by atoms with Crippen molar-refractivity contribution in [2.24, 2.45) is 0 Å². The van der Waals surface area contributed by atoms with Gasteiger partial charge in [0, 0.05) is 28.8 Å². The van der Waals surface area contributed by atoms with Crippen molar-refractivity contribution < 1.29 is 14.7 Å². The number of hydrogen-bond donors (Lipinski definition) is 2. The SMILES string of the molecule is CC(C)(CCC(=O)O)NC(=O)c1cncc(Br)c1. The molecule has 1 rings (SSSR count). The summed E-state index contributed by atoms with van der Waals surface area (Å²) in [4.78, 5) is 26.4. The molecule has 2 N–H and O–H groups in total. The van der Waals surface area contributed by atoms with Gasteiger partial charge in [0.2, 0.25) is 0 Å². The number of carboxylic acid groups (broad SMARTS) is 1. The largest absolute Gasteiger partial charge is 0.481 e. The molecule has 0 atom stereocenters. The van der Waals surface area contributed by atoms with E-state index in [1.54, 1.807) is 26.1 Å². The zero-order valence-electron chi connectivity index (χ0n) is 10.2. The van der Waals surface area contributed by atoms with Crippen LogP contribution in [0.5, 0.6) is 0 Å². The summed E-state index contributed by atoms with van der Waals surface area (Å²) in [7, 11) is 0. The van der Waals surface area contributed by atoms with Crippen molar-refractivity contribution >= 4 is 27.8 Å². The fourth-order valence-electron chi connectivity index (χ4n) is 1.40. The molecule has 5 nitrogen and oxygen atoms in total. The van der Waals surface area contributed by atoms with E-state index >= 15 is 0 Å². The van der Waals surface area contributed by atoms with Crippen LogP contribution in [0, 0.1) is 0 Å². The molecule has 1 heterocycles. The number of aliphatic carboxylic acids is 1. The highest BCUT2D eigenvalue weighted by Crippen LogP contribution is 2.14. The third-order valence-corrected chi connectivity index (χ3v) is 2.82. The van der Waals surface area contributed by atoms with Gasteiger partial charge in [0.25, 0.3) is 5.91 Å². The molecule has 1 amide bonds. The predicted molar refractivity (Wildman–Crippen MR) is 70.4 cm³/mol. The van der Waals surface area contributed by atoms with Gasteiger partial charge in [0.05, 0.1) is 5.56 Å². The number of aromatic nitrogens is 1. The fraction of sp³-hybridized carbons (Fsp3) is 0.417. The van der Waals surface area contributed by atoms with Gasteiger partial charge in [-0.25, -0.2) is 0 Å². The lowest BCUT2D eigenvalue weighted by Crippen LogP contribution is -2.43. The van der Waals surface area contributed by atoms with Crippen LogP contribution in [0.25, 0.3) is 0 Å². The molecule has 0 saturated heterocycles. The van der Waals surface area contributed by atoms with Crippen molar-refractivity contribution in [2.45, 2.75) is 32.2 Å². The van der Waals surface area contributed by atoms with Crippen LogP contribution in [0.4, 0.5) is 0 Å². The molecule has 0 unspecified atom stereocenters. The molecule has 0 radical (unpaired) electrons. The van der Waals surface area contributed by atoms with Crippen LogP contribution in [-0.2, 0) is 4.79 Å². The maximum Gasteiger partial charge on any atom is 0.303 e. The summed E-state index contributed by atoms with van der Waals surface area (Å²) in [6.07, 6.45) is 3.44. The van der Waals surface area contributed by atoms with E-state index < -0.39 is 11.5 Å². The van der Waals surface area contributed by atoms with Crippen molar-refractivity contribution in [2.75, 3.05) is 0 Å². The van der Waals surface area contributed by atoms with E-state index in [4.69, 9.17) is 5.11 Å². The van der Waals surface area contributed by atoms with Crippen LogP contribution in [0.1, 0.15) is 37.0 Å². The average molecular weight is 315 g/mol. The zero-order valence-corrected chi connectivity index (χ0v) is 11.8. The van der Waals surface area contributed by atoms with E-state index in [1.165, 1.54) is 6.20 Å². The highest BCUT2D eigenvalue weighted by atomic mass is 79.9. The lowest BCUT2D eigenvalue weighted by Gasteiger charge is -2.25. The molecule has 1 aromatic rings. The number of amides is 1. The Hall–Kier alpha value is -1.43. The molecule has 0 saturated carbocycles. The molecule has 0 spiro atoms. The summed E-state index contributed by atoms with van der Waals surface area (Å²) in [5, 5.41) is 11.4. The Morgan fingerprint density at radius 1 is 1.44 bits per heavy atom. The van der Waals surface area contributed by atoms with Gasteiger partial charge in [-0.05, 0) is 42.3 Å². The first-order chi connectivity index (χ1) is 8.30. The molecule has 18 heavy (non-hydrogen) atoms. The van der Waals surface area contributed by atoms with Gasteiger partial charge in [0.15, 0.2) is 0 Å². The lowest BCUT2D eigenvalue weighted by atomic mass is 9.98. The van der Waals surface area contributed by atoms with Crippen LogP contribution in [-0.4, -0.2) is 27.5 Å². The summed E-state index contributed by atoms with van der Waals surface area (Å²) in [6, 6.07) is 1.66. The summed E-state index contributed by atoms with van der Waals surface area (Å²) in [5.41, 5.74) is -0.134. The molecular weight excluding hydrogens is 300 g/mol. The van der Waals surface area contributed by atoms with Crippen molar-refractivity contribution in [1.29, 1.82) is 0 Å². The van der Waals surface area contributed by atoms with Gasteiger partial charge in [-0.2, -0.15) is 0 Å². The second-order valence-corrected chi connectivity index (χ2v) is 5.54. The number of halogens is 1. The monoisotopic (exact) mass is 314 g/mol. The van der Waals surface area contributed by atoms with Gasteiger partial charge in [0.1, 0.15) is 0 Å². The maximum absolute atomic E-state index is 11.9. The van der Waals surface area contributed by atoms with Crippen LogP contribution >= 0.6 is 15.9 Å². The highest BCUT2D eigenvalue weighted by Gasteiger charge is 2.22. The number of carboxylic acids is 1. The molecule has 6 heteroatoms. The molecule has 98 valence electrons. The number of nitrogens with zero attached hydrogens (tertiary/aromatic N) is 1. The third-order valence-electron chi connectivity index (χ3n) is 2.38.